The molecule has 1 atom stereocenters. The Bertz CT molecular complexity index is 306. The molecule has 0 aliphatic carbocycles. The molecule has 0 aliphatic rings. The van der Waals surface area contributed by atoms with Crippen molar-refractivity contribution in [2.45, 2.75) is 46.0 Å². The standard InChI is InChI=1S/C16H25ClO/c1-3-5-11-16(4-2,14-17)12-13-18-15-9-7-6-8-10-15/h6-10H,3-5,11-14H2,1-2H3. The molecule has 1 unspecified atom stereocenters. The molecule has 18 heavy (non-hydrogen) atoms. The molecule has 2 heteroatoms. The summed E-state index contributed by atoms with van der Waals surface area (Å²) in [5, 5.41) is 0. The molecule has 0 radical (unpaired) electrons. The van der Waals surface area contributed by atoms with Crippen LogP contribution in [0.3, 0.4) is 0 Å². The number of unbranched alkanes of at least 4 members (excludes halogenated alkanes) is 1. The third-order valence-electron chi connectivity index (χ3n) is 3.74. The quantitative estimate of drug-likeness (QED) is 0.554. The second kappa shape index (κ2) is 8.42. The maximum absolute atomic E-state index is 6.19. The fourth-order valence-electron chi connectivity index (χ4n) is 2.16. The topological polar surface area (TPSA) is 9.23 Å². The number of halogens is 1. The number of ether oxygens (including phenoxy) is 1. The Morgan fingerprint density at radius 2 is 1.83 bits per heavy atom. The zero-order valence-corrected chi connectivity index (χ0v) is 12.4. The SMILES string of the molecule is CCCCC(CC)(CCl)CCOc1ccccc1. The van der Waals surface area contributed by atoms with Gasteiger partial charge in [-0.25, -0.2) is 0 Å². The first-order valence-electron chi connectivity index (χ1n) is 7.00. The lowest BCUT2D eigenvalue weighted by Gasteiger charge is -2.30. The lowest BCUT2D eigenvalue weighted by Crippen LogP contribution is -2.25. The molecule has 1 aromatic rings. The van der Waals surface area contributed by atoms with Gasteiger partial charge in [-0.3, -0.25) is 0 Å². The van der Waals surface area contributed by atoms with Gasteiger partial charge in [0.25, 0.3) is 0 Å². The van der Waals surface area contributed by atoms with E-state index in [1.807, 2.05) is 30.3 Å². The summed E-state index contributed by atoms with van der Waals surface area (Å²) in [5.41, 5.74) is 0.256. The summed E-state index contributed by atoms with van der Waals surface area (Å²) in [5.74, 6) is 1.69. The van der Waals surface area contributed by atoms with Crippen LogP contribution >= 0.6 is 11.6 Å². The average molecular weight is 269 g/mol. The molecule has 1 aromatic carbocycles. The van der Waals surface area contributed by atoms with E-state index in [2.05, 4.69) is 13.8 Å². The van der Waals surface area contributed by atoms with Gasteiger partial charge in [0.05, 0.1) is 6.61 Å². The van der Waals surface area contributed by atoms with Gasteiger partial charge in [-0.15, -0.1) is 11.6 Å². The maximum Gasteiger partial charge on any atom is 0.119 e. The molecule has 1 nitrogen and oxygen atoms in total. The molecule has 0 saturated heterocycles. The molecule has 1 rings (SSSR count). The Morgan fingerprint density at radius 3 is 2.39 bits per heavy atom. The van der Waals surface area contributed by atoms with E-state index in [9.17, 15) is 0 Å². The number of alkyl halides is 1. The highest BCUT2D eigenvalue weighted by molar-refractivity contribution is 6.18. The smallest absolute Gasteiger partial charge is 0.119 e. The summed E-state index contributed by atoms with van der Waals surface area (Å²) in [7, 11) is 0. The molecule has 0 fully saturated rings. The molecule has 0 N–H and O–H groups in total. The summed E-state index contributed by atoms with van der Waals surface area (Å²) in [6.07, 6.45) is 5.88. The number of hydrogen-bond donors (Lipinski definition) is 0. The van der Waals surface area contributed by atoms with Gasteiger partial charge in [-0.2, -0.15) is 0 Å². The van der Waals surface area contributed by atoms with E-state index in [0.717, 1.165) is 31.1 Å². The van der Waals surface area contributed by atoms with Gasteiger partial charge in [0.1, 0.15) is 5.75 Å². The molecule has 0 aromatic heterocycles. The maximum atomic E-state index is 6.19. The van der Waals surface area contributed by atoms with Crippen LogP contribution < -0.4 is 4.74 Å². The third-order valence-corrected chi connectivity index (χ3v) is 4.31. The van der Waals surface area contributed by atoms with E-state index >= 15 is 0 Å². The van der Waals surface area contributed by atoms with Gasteiger partial charge >= 0.3 is 0 Å². The second-order valence-electron chi connectivity index (χ2n) is 5.00. The van der Waals surface area contributed by atoms with Crippen LogP contribution in [0.1, 0.15) is 46.0 Å². The van der Waals surface area contributed by atoms with Crippen LogP contribution in [0, 0.1) is 5.41 Å². The van der Waals surface area contributed by atoms with Crippen molar-refractivity contribution >= 4 is 11.6 Å². The van der Waals surface area contributed by atoms with Crippen LogP contribution in [0.2, 0.25) is 0 Å². The second-order valence-corrected chi connectivity index (χ2v) is 5.27. The minimum Gasteiger partial charge on any atom is -0.494 e. The lowest BCUT2D eigenvalue weighted by atomic mass is 9.79. The van der Waals surface area contributed by atoms with E-state index in [1.165, 1.54) is 19.3 Å². The van der Waals surface area contributed by atoms with Crippen LogP contribution in [0.25, 0.3) is 0 Å². The van der Waals surface area contributed by atoms with E-state index in [0.29, 0.717) is 0 Å². The van der Waals surface area contributed by atoms with Crippen molar-refractivity contribution < 1.29 is 4.74 Å². The molecule has 0 spiro atoms. The fourth-order valence-corrected chi connectivity index (χ4v) is 2.62. The van der Waals surface area contributed by atoms with Crippen molar-refractivity contribution in [2.24, 2.45) is 5.41 Å². The van der Waals surface area contributed by atoms with Crippen LogP contribution in [-0.2, 0) is 0 Å². The highest BCUT2D eigenvalue weighted by atomic mass is 35.5. The van der Waals surface area contributed by atoms with Crippen molar-refractivity contribution in [1.29, 1.82) is 0 Å². The highest BCUT2D eigenvalue weighted by Gasteiger charge is 2.26. The number of rotatable bonds is 9. The minimum absolute atomic E-state index is 0.256. The van der Waals surface area contributed by atoms with Crippen LogP contribution in [0.5, 0.6) is 5.75 Å². The van der Waals surface area contributed by atoms with Crippen LogP contribution in [0.15, 0.2) is 30.3 Å². The predicted molar refractivity (Wildman–Crippen MR) is 79.5 cm³/mol. The normalized spacial score (nSPS) is 14.2. The van der Waals surface area contributed by atoms with Gasteiger partial charge in [0, 0.05) is 5.88 Å². The molecule has 0 aliphatic heterocycles. The molecule has 0 amide bonds. The van der Waals surface area contributed by atoms with Crippen LogP contribution in [0.4, 0.5) is 0 Å². The molecule has 0 bridgehead atoms. The Morgan fingerprint density at radius 1 is 1.11 bits per heavy atom. The Hall–Kier alpha value is -0.690. The molecule has 0 heterocycles. The first-order valence-corrected chi connectivity index (χ1v) is 7.53. The van der Waals surface area contributed by atoms with Crippen molar-refractivity contribution in [1.82, 2.24) is 0 Å². The highest BCUT2D eigenvalue weighted by Crippen LogP contribution is 2.34. The summed E-state index contributed by atoms with van der Waals surface area (Å²) in [6.45, 7) is 5.23. The first-order chi connectivity index (χ1) is 8.76. The van der Waals surface area contributed by atoms with Gasteiger partial charge in [0.15, 0.2) is 0 Å². The molecule has 102 valence electrons. The Balaban J connectivity index is 2.42. The average Bonchev–Trinajstić information content (AvgIpc) is 2.44. The zero-order valence-electron chi connectivity index (χ0n) is 11.6. The molecular weight excluding hydrogens is 244 g/mol. The minimum atomic E-state index is 0.256. The number of benzene rings is 1. The lowest BCUT2D eigenvalue weighted by molar-refractivity contribution is 0.193. The summed E-state index contributed by atoms with van der Waals surface area (Å²) in [4.78, 5) is 0. The van der Waals surface area contributed by atoms with Crippen molar-refractivity contribution in [3.05, 3.63) is 30.3 Å². The van der Waals surface area contributed by atoms with Crippen molar-refractivity contribution in [2.75, 3.05) is 12.5 Å². The number of para-hydroxylation sites is 1. The van der Waals surface area contributed by atoms with E-state index in [-0.39, 0.29) is 5.41 Å². The Kier molecular flexibility index (Phi) is 7.19. The number of hydrogen-bond acceptors (Lipinski definition) is 1. The first kappa shape index (κ1) is 15.4. The van der Waals surface area contributed by atoms with E-state index < -0.39 is 0 Å². The van der Waals surface area contributed by atoms with Gasteiger partial charge in [-0.1, -0.05) is 44.9 Å². The monoisotopic (exact) mass is 268 g/mol. The van der Waals surface area contributed by atoms with Gasteiger partial charge < -0.3 is 4.74 Å². The Labute approximate surface area is 116 Å². The molecular formula is C16H25ClO. The largest absolute Gasteiger partial charge is 0.494 e. The predicted octanol–water partition coefficient (Wildman–Crippen LogP) is 5.28. The van der Waals surface area contributed by atoms with Crippen molar-refractivity contribution in [3.63, 3.8) is 0 Å². The summed E-state index contributed by atoms with van der Waals surface area (Å²) >= 11 is 6.19. The third kappa shape index (κ3) is 4.89. The zero-order chi connectivity index (χ0) is 13.3. The van der Waals surface area contributed by atoms with E-state index in [4.69, 9.17) is 16.3 Å². The fraction of sp³-hybridized carbons (Fsp3) is 0.625. The van der Waals surface area contributed by atoms with Gasteiger partial charge in [-0.05, 0) is 36.8 Å². The summed E-state index contributed by atoms with van der Waals surface area (Å²) < 4.78 is 5.79. The van der Waals surface area contributed by atoms with Crippen molar-refractivity contribution in [3.8, 4) is 5.75 Å². The molecule has 0 saturated carbocycles. The van der Waals surface area contributed by atoms with E-state index in [1.54, 1.807) is 0 Å². The van der Waals surface area contributed by atoms with Gasteiger partial charge in [0.2, 0.25) is 0 Å². The summed E-state index contributed by atoms with van der Waals surface area (Å²) in [6, 6.07) is 10.0. The van der Waals surface area contributed by atoms with Crippen LogP contribution in [-0.4, -0.2) is 12.5 Å².